The van der Waals surface area contributed by atoms with E-state index in [-0.39, 0.29) is 11.6 Å². The third-order valence-electron chi connectivity index (χ3n) is 2.84. The maximum atomic E-state index is 12.9. The van der Waals surface area contributed by atoms with Crippen molar-refractivity contribution >= 4 is 17.0 Å². The van der Waals surface area contributed by atoms with Crippen LogP contribution in [0.2, 0.25) is 0 Å². The summed E-state index contributed by atoms with van der Waals surface area (Å²) in [6.45, 7) is 3.74. The van der Waals surface area contributed by atoms with Crippen molar-refractivity contribution in [2.24, 2.45) is 0 Å². The van der Waals surface area contributed by atoms with Crippen LogP contribution in [0, 0.1) is 18.3 Å². The van der Waals surface area contributed by atoms with E-state index in [1.165, 1.54) is 23.5 Å². The molecule has 0 saturated carbocycles. The fourth-order valence-corrected chi connectivity index (χ4v) is 2.63. The van der Waals surface area contributed by atoms with Gasteiger partial charge in [-0.05, 0) is 32.0 Å². The average Bonchev–Trinajstić information content (AvgIpc) is 2.84. The summed E-state index contributed by atoms with van der Waals surface area (Å²) >= 11 is 1.48. The van der Waals surface area contributed by atoms with Gasteiger partial charge in [-0.3, -0.25) is 0 Å². The second-order valence-corrected chi connectivity index (χ2v) is 5.81. The molecule has 0 aliphatic carbocycles. The van der Waals surface area contributed by atoms with Gasteiger partial charge in [0.15, 0.2) is 0 Å². The van der Waals surface area contributed by atoms with Gasteiger partial charge in [0.2, 0.25) is 0 Å². The van der Waals surface area contributed by atoms with Crippen molar-refractivity contribution in [3.63, 3.8) is 0 Å². The summed E-state index contributed by atoms with van der Waals surface area (Å²) in [5, 5.41) is 12.5. The lowest BCUT2D eigenvalue weighted by atomic mass is 10.1. The number of nitriles is 1. The van der Waals surface area contributed by atoms with Gasteiger partial charge >= 0.3 is 6.18 Å². The highest BCUT2D eigenvalue weighted by Crippen LogP contribution is 2.34. The Bertz CT molecular complexity index is 686. The number of rotatable bonds is 3. The number of hydrogen-bond acceptors (Lipinski definition) is 4. The highest BCUT2D eigenvalue weighted by atomic mass is 32.1. The van der Waals surface area contributed by atoms with Crippen molar-refractivity contribution in [1.82, 2.24) is 4.98 Å². The van der Waals surface area contributed by atoms with Gasteiger partial charge in [0.1, 0.15) is 5.01 Å². The van der Waals surface area contributed by atoms with Gasteiger partial charge in [-0.2, -0.15) is 18.4 Å². The van der Waals surface area contributed by atoms with Gasteiger partial charge in [-0.25, -0.2) is 4.98 Å². The smallest absolute Gasteiger partial charge is 0.376 e. The number of thiazole rings is 1. The van der Waals surface area contributed by atoms with Gasteiger partial charge in [0, 0.05) is 16.8 Å². The first kappa shape index (κ1) is 15.3. The fraction of sp³-hybridized carbons (Fsp3) is 0.286. The van der Waals surface area contributed by atoms with E-state index in [4.69, 9.17) is 5.26 Å². The molecule has 1 atom stereocenters. The minimum Gasteiger partial charge on any atom is -0.376 e. The van der Waals surface area contributed by atoms with E-state index in [0.717, 1.165) is 16.0 Å². The second-order valence-electron chi connectivity index (χ2n) is 4.55. The highest BCUT2D eigenvalue weighted by Gasteiger charge is 2.33. The second kappa shape index (κ2) is 5.74. The summed E-state index contributed by atoms with van der Waals surface area (Å²) in [4.78, 5) is 5.23. The van der Waals surface area contributed by atoms with Crippen LogP contribution in [0.4, 0.5) is 18.9 Å². The number of alkyl halides is 3. The lowest BCUT2D eigenvalue weighted by molar-refractivity contribution is -0.137. The molecule has 0 aliphatic heterocycles. The third kappa shape index (κ3) is 3.52. The van der Waals surface area contributed by atoms with Crippen molar-refractivity contribution in [3.8, 4) is 6.07 Å². The molecule has 0 amide bonds. The quantitative estimate of drug-likeness (QED) is 0.907. The molecule has 110 valence electrons. The molecule has 1 heterocycles. The van der Waals surface area contributed by atoms with E-state index >= 15 is 0 Å². The van der Waals surface area contributed by atoms with E-state index in [0.29, 0.717) is 5.69 Å². The predicted octanol–water partition coefficient (Wildman–Crippen LogP) is 4.52. The molecule has 0 spiro atoms. The Kier molecular flexibility index (Phi) is 4.19. The topological polar surface area (TPSA) is 48.7 Å². The Labute approximate surface area is 124 Å². The summed E-state index contributed by atoms with van der Waals surface area (Å²) in [5.41, 5.74) is -1.01. The number of nitrogens with zero attached hydrogens (tertiary/aromatic N) is 2. The molecule has 0 radical (unpaired) electrons. The first-order chi connectivity index (χ1) is 9.81. The van der Waals surface area contributed by atoms with E-state index in [1.54, 1.807) is 12.3 Å². The van der Waals surface area contributed by atoms with Crippen LogP contribution in [-0.4, -0.2) is 4.98 Å². The van der Waals surface area contributed by atoms with Crippen molar-refractivity contribution in [3.05, 3.63) is 45.4 Å². The van der Waals surface area contributed by atoms with Crippen LogP contribution in [0.25, 0.3) is 0 Å². The fourth-order valence-electron chi connectivity index (χ4n) is 1.85. The van der Waals surface area contributed by atoms with Crippen molar-refractivity contribution < 1.29 is 13.2 Å². The van der Waals surface area contributed by atoms with Crippen LogP contribution in [-0.2, 0) is 6.18 Å². The molecule has 0 bridgehead atoms. The summed E-state index contributed by atoms with van der Waals surface area (Å²) in [6, 6.07) is 4.94. The number of hydrogen-bond donors (Lipinski definition) is 1. The first-order valence-corrected chi connectivity index (χ1v) is 6.93. The van der Waals surface area contributed by atoms with Gasteiger partial charge in [0.05, 0.1) is 23.2 Å². The highest BCUT2D eigenvalue weighted by molar-refractivity contribution is 7.11. The van der Waals surface area contributed by atoms with Crippen molar-refractivity contribution in [2.45, 2.75) is 26.1 Å². The molecule has 2 aromatic rings. The minimum atomic E-state index is -4.55. The number of benzene rings is 1. The zero-order valence-electron chi connectivity index (χ0n) is 11.3. The van der Waals surface area contributed by atoms with Crippen molar-refractivity contribution in [1.29, 1.82) is 5.26 Å². The first-order valence-electron chi connectivity index (χ1n) is 6.11. The van der Waals surface area contributed by atoms with Crippen LogP contribution in [0.15, 0.2) is 24.4 Å². The zero-order valence-corrected chi connectivity index (χ0v) is 12.1. The molecular weight excluding hydrogens is 299 g/mol. The molecule has 7 heteroatoms. The number of aryl methyl sites for hydroxylation is 1. The maximum Gasteiger partial charge on any atom is 0.417 e. The van der Waals surface area contributed by atoms with Crippen LogP contribution >= 0.6 is 11.3 Å². The lowest BCUT2D eigenvalue weighted by Crippen LogP contribution is -2.11. The molecule has 2 rings (SSSR count). The zero-order chi connectivity index (χ0) is 15.6. The predicted molar refractivity (Wildman–Crippen MR) is 75.0 cm³/mol. The average molecular weight is 311 g/mol. The Morgan fingerprint density at radius 1 is 1.38 bits per heavy atom. The van der Waals surface area contributed by atoms with Crippen LogP contribution in [0.5, 0.6) is 0 Å². The Balaban J connectivity index is 2.27. The van der Waals surface area contributed by atoms with Crippen LogP contribution in [0.3, 0.4) is 0 Å². The Hall–Kier alpha value is -2.07. The van der Waals surface area contributed by atoms with E-state index < -0.39 is 11.7 Å². The molecule has 0 aliphatic rings. The van der Waals surface area contributed by atoms with Gasteiger partial charge in [-0.1, -0.05) is 0 Å². The minimum absolute atomic E-state index is 0.210. The lowest BCUT2D eigenvalue weighted by Gasteiger charge is -2.15. The summed E-state index contributed by atoms with van der Waals surface area (Å²) < 4.78 is 38.7. The van der Waals surface area contributed by atoms with Gasteiger partial charge < -0.3 is 5.32 Å². The molecule has 21 heavy (non-hydrogen) atoms. The largest absolute Gasteiger partial charge is 0.417 e. The SMILES string of the molecule is Cc1cnc(C(C)Nc2ccc(C#N)c(C(F)(F)F)c2)s1. The maximum absolute atomic E-state index is 12.9. The number of halogens is 3. The Morgan fingerprint density at radius 2 is 2.10 bits per heavy atom. The van der Waals surface area contributed by atoms with E-state index in [1.807, 2.05) is 13.8 Å². The van der Waals surface area contributed by atoms with Crippen LogP contribution in [0.1, 0.15) is 34.0 Å². The summed E-state index contributed by atoms with van der Waals surface area (Å²) in [7, 11) is 0. The number of anilines is 1. The molecule has 0 fully saturated rings. The molecule has 1 unspecified atom stereocenters. The van der Waals surface area contributed by atoms with E-state index in [9.17, 15) is 13.2 Å². The number of aromatic nitrogens is 1. The molecule has 1 aromatic heterocycles. The Morgan fingerprint density at radius 3 is 2.62 bits per heavy atom. The molecule has 0 saturated heterocycles. The molecule has 3 nitrogen and oxygen atoms in total. The monoisotopic (exact) mass is 311 g/mol. The molecule has 1 aromatic carbocycles. The van der Waals surface area contributed by atoms with Gasteiger partial charge in [0.25, 0.3) is 0 Å². The standard InChI is InChI=1S/C14H12F3N3S/c1-8-7-19-13(21-8)9(2)20-11-4-3-10(6-18)12(5-11)14(15,16)17/h3-5,7,9,20H,1-2H3. The van der Waals surface area contributed by atoms with Crippen molar-refractivity contribution in [2.75, 3.05) is 5.32 Å². The number of nitrogens with one attached hydrogen (secondary N) is 1. The third-order valence-corrected chi connectivity index (χ3v) is 3.93. The normalized spacial score (nSPS) is 12.8. The summed E-state index contributed by atoms with van der Waals surface area (Å²) in [5.74, 6) is 0. The van der Waals surface area contributed by atoms with Gasteiger partial charge in [-0.15, -0.1) is 11.3 Å². The molecular formula is C14H12F3N3S. The summed E-state index contributed by atoms with van der Waals surface area (Å²) in [6.07, 6.45) is -2.83. The van der Waals surface area contributed by atoms with Crippen LogP contribution < -0.4 is 5.32 Å². The molecule has 1 N–H and O–H groups in total. The van der Waals surface area contributed by atoms with E-state index in [2.05, 4.69) is 10.3 Å².